The van der Waals surface area contributed by atoms with Crippen LogP contribution < -0.4 is 0 Å². The number of halogens is 1. The quantitative estimate of drug-likeness (QED) is 0.688. The summed E-state index contributed by atoms with van der Waals surface area (Å²) in [5.74, 6) is 0.300. The summed E-state index contributed by atoms with van der Waals surface area (Å²) in [5, 5.41) is 0. The Morgan fingerprint density at radius 2 is 2.23 bits per heavy atom. The average Bonchev–Trinajstić information content (AvgIpc) is 2.28. The van der Waals surface area contributed by atoms with Crippen molar-refractivity contribution in [1.82, 2.24) is 4.90 Å². The molecule has 76 valence electrons. The molecule has 0 aromatic heterocycles. The monoisotopic (exact) mass is 247 g/mol. The first-order chi connectivity index (χ1) is 6.00. The topological polar surface area (TPSA) is 20.3 Å². The van der Waals surface area contributed by atoms with Gasteiger partial charge in [0.1, 0.15) is 0 Å². The zero-order valence-electron chi connectivity index (χ0n) is 8.64. The van der Waals surface area contributed by atoms with Gasteiger partial charge in [0.2, 0.25) is 5.91 Å². The molecule has 1 heterocycles. The highest BCUT2D eigenvalue weighted by molar-refractivity contribution is 9.09. The molecular formula is C10H18BrNO. The molecule has 1 saturated heterocycles. The van der Waals surface area contributed by atoms with Gasteiger partial charge >= 0.3 is 0 Å². The normalized spacial score (nSPS) is 26.5. The van der Waals surface area contributed by atoms with Gasteiger partial charge in [0.15, 0.2) is 0 Å². The van der Waals surface area contributed by atoms with E-state index < -0.39 is 0 Å². The Hall–Kier alpha value is -0.0500. The number of rotatable bonds is 2. The van der Waals surface area contributed by atoms with Crippen LogP contribution in [0.4, 0.5) is 0 Å². The van der Waals surface area contributed by atoms with Crippen molar-refractivity contribution in [1.29, 1.82) is 0 Å². The number of nitrogens with zero attached hydrogens (tertiary/aromatic N) is 1. The lowest BCUT2D eigenvalue weighted by molar-refractivity contribution is -0.134. The first-order valence-corrected chi connectivity index (χ1v) is 5.86. The van der Waals surface area contributed by atoms with Crippen molar-refractivity contribution in [2.24, 2.45) is 0 Å². The van der Waals surface area contributed by atoms with E-state index in [0.29, 0.717) is 17.2 Å². The molecule has 1 rings (SSSR count). The first kappa shape index (κ1) is 11.0. The van der Waals surface area contributed by atoms with Crippen LogP contribution in [-0.4, -0.2) is 27.7 Å². The molecule has 0 N–H and O–H groups in total. The number of hydrogen-bond acceptors (Lipinski definition) is 1. The molecule has 1 amide bonds. The van der Waals surface area contributed by atoms with Gasteiger partial charge in [-0.25, -0.2) is 0 Å². The molecule has 0 bridgehead atoms. The van der Waals surface area contributed by atoms with E-state index in [1.54, 1.807) is 0 Å². The summed E-state index contributed by atoms with van der Waals surface area (Å²) in [6.07, 6.45) is 2.70. The molecule has 0 radical (unpaired) electrons. The summed E-state index contributed by atoms with van der Waals surface area (Å²) < 4.78 is 0. The summed E-state index contributed by atoms with van der Waals surface area (Å²) in [4.78, 5) is 14.2. The lowest BCUT2D eigenvalue weighted by atomic mass is 10.0. The molecule has 13 heavy (non-hydrogen) atoms. The van der Waals surface area contributed by atoms with Gasteiger partial charge < -0.3 is 4.90 Å². The Morgan fingerprint density at radius 3 is 2.62 bits per heavy atom. The Balaban J connectivity index is 2.66. The second kappa shape index (κ2) is 3.99. The zero-order valence-corrected chi connectivity index (χ0v) is 10.2. The number of alkyl halides is 1. The molecule has 1 fully saturated rings. The maximum Gasteiger partial charge on any atom is 0.223 e. The van der Waals surface area contributed by atoms with Crippen LogP contribution in [0.1, 0.15) is 40.0 Å². The number of likely N-dealkylation sites (tertiary alicyclic amines) is 1. The molecule has 0 spiro atoms. The Bertz CT molecular complexity index is 203. The zero-order chi connectivity index (χ0) is 10.1. The minimum absolute atomic E-state index is 0.00769. The van der Waals surface area contributed by atoms with Gasteiger partial charge in [-0.1, -0.05) is 22.9 Å². The van der Waals surface area contributed by atoms with Crippen molar-refractivity contribution in [2.45, 2.75) is 50.4 Å². The smallest absolute Gasteiger partial charge is 0.223 e. The molecule has 1 atom stereocenters. The second-order valence-corrected chi connectivity index (χ2v) is 5.31. The van der Waals surface area contributed by atoms with Crippen molar-refractivity contribution < 1.29 is 4.79 Å². The van der Waals surface area contributed by atoms with Gasteiger partial charge in [-0.2, -0.15) is 0 Å². The molecule has 0 saturated carbocycles. The highest BCUT2D eigenvalue weighted by atomic mass is 79.9. The molecule has 0 aromatic rings. The van der Waals surface area contributed by atoms with Crippen LogP contribution in [0.5, 0.6) is 0 Å². The summed E-state index contributed by atoms with van der Waals surface area (Å²) in [6.45, 7) is 7.22. The minimum atomic E-state index is -0.00769. The number of amides is 1. The van der Waals surface area contributed by atoms with Gasteiger partial charge in [0.25, 0.3) is 0 Å². The molecule has 0 aliphatic carbocycles. The lowest BCUT2D eigenvalue weighted by Gasteiger charge is -2.34. The fraction of sp³-hybridized carbons (Fsp3) is 0.900. The molecule has 1 aliphatic rings. The second-order valence-electron chi connectivity index (χ2n) is 4.21. The summed E-state index contributed by atoms with van der Waals surface area (Å²) in [5.41, 5.74) is -0.00769. The standard InChI is InChI=1S/C10H18BrNO/c1-4-5-9(13)12-7-6-8(11)10(12,2)3/h8H,4-7H2,1-3H3. The lowest BCUT2D eigenvalue weighted by Crippen LogP contribution is -2.46. The highest BCUT2D eigenvalue weighted by Crippen LogP contribution is 2.34. The largest absolute Gasteiger partial charge is 0.336 e. The van der Waals surface area contributed by atoms with Crippen LogP contribution in [0.3, 0.4) is 0 Å². The fourth-order valence-electron chi connectivity index (χ4n) is 1.85. The summed E-state index contributed by atoms with van der Waals surface area (Å²) in [6, 6.07) is 0. The Kier molecular flexibility index (Phi) is 3.38. The van der Waals surface area contributed by atoms with E-state index >= 15 is 0 Å². The Morgan fingerprint density at radius 1 is 1.62 bits per heavy atom. The van der Waals surface area contributed by atoms with Crippen molar-refractivity contribution >= 4 is 21.8 Å². The van der Waals surface area contributed by atoms with Crippen LogP contribution in [0.25, 0.3) is 0 Å². The maximum atomic E-state index is 11.7. The van der Waals surface area contributed by atoms with Crippen molar-refractivity contribution in [3.05, 3.63) is 0 Å². The van der Waals surface area contributed by atoms with Crippen LogP contribution in [-0.2, 0) is 4.79 Å². The number of carbonyl (C=O) groups is 1. The van der Waals surface area contributed by atoms with Gasteiger partial charge in [-0.15, -0.1) is 0 Å². The van der Waals surface area contributed by atoms with Gasteiger partial charge in [-0.3, -0.25) is 4.79 Å². The first-order valence-electron chi connectivity index (χ1n) is 4.94. The maximum absolute atomic E-state index is 11.7. The van der Waals surface area contributed by atoms with Crippen molar-refractivity contribution in [3.63, 3.8) is 0 Å². The Labute approximate surface area is 88.8 Å². The summed E-state index contributed by atoms with van der Waals surface area (Å²) in [7, 11) is 0. The van der Waals surface area contributed by atoms with Crippen LogP contribution in [0, 0.1) is 0 Å². The van der Waals surface area contributed by atoms with Gasteiger partial charge in [-0.05, 0) is 26.7 Å². The van der Waals surface area contributed by atoms with E-state index in [9.17, 15) is 4.79 Å². The van der Waals surface area contributed by atoms with Crippen molar-refractivity contribution in [3.8, 4) is 0 Å². The number of hydrogen-bond donors (Lipinski definition) is 0. The average molecular weight is 248 g/mol. The van der Waals surface area contributed by atoms with E-state index in [-0.39, 0.29) is 5.54 Å². The van der Waals surface area contributed by atoms with E-state index in [1.807, 2.05) is 11.8 Å². The van der Waals surface area contributed by atoms with E-state index in [4.69, 9.17) is 0 Å². The van der Waals surface area contributed by atoms with Crippen LogP contribution in [0.15, 0.2) is 0 Å². The van der Waals surface area contributed by atoms with Crippen LogP contribution >= 0.6 is 15.9 Å². The molecule has 1 unspecified atom stereocenters. The fourth-order valence-corrected chi connectivity index (χ4v) is 2.30. The number of carbonyl (C=O) groups excluding carboxylic acids is 1. The van der Waals surface area contributed by atoms with E-state index in [1.165, 1.54) is 0 Å². The minimum Gasteiger partial charge on any atom is -0.336 e. The molecule has 0 aromatic carbocycles. The van der Waals surface area contributed by atoms with Gasteiger partial charge in [0.05, 0.1) is 0 Å². The third-order valence-corrected chi connectivity index (χ3v) is 4.41. The van der Waals surface area contributed by atoms with Crippen LogP contribution in [0.2, 0.25) is 0 Å². The third kappa shape index (κ3) is 2.06. The third-order valence-electron chi connectivity index (χ3n) is 2.83. The molecule has 2 nitrogen and oxygen atoms in total. The van der Waals surface area contributed by atoms with E-state index in [0.717, 1.165) is 19.4 Å². The molecule has 1 aliphatic heterocycles. The molecular weight excluding hydrogens is 230 g/mol. The van der Waals surface area contributed by atoms with Crippen molar-refractivity contribution in [2.75, 3.05) is 6.54 Å². The van der Waals surface area contributed by atoms with Gasteiger partial charge in [0, 0.05) is 23.3 Å². The SMILES string of the molecule is CCCC(=O)N1CCC(Br)C1(C)C. The highest BCUT2D eigenvalue weighted by Gasteiger charge is 2.41. The predicted molar refractivity (Wildman–Crippen MR) is 58.0 cm³/mol. The summed E-state index contributed by atoms with van der Waals surface area (Å²) >= 11 is 3.63. The van der Waals surface area contributed by atoms with E-state index in [2.05, 4.69) is 29.8 Å². The predicted octanol–water partition coefficient (Wildman–Crippen LogP) is 2.56. The molecule has 3 heteroatoms.